The molecule has 3 aromatic rings. The number of ether oxygens (including phenoxy) is 2. The van der Waals surface area contributed by atoms with Crippen molar-refractivity contribution in [2.75, 3.05) is 13.7 Å². The van der Waals surface area contributed by atoms with E-state index >= 15 is 0 Å². The summed E-state index contributed by atoms with van der Waals surface area (Å²) in [7, 11) is 1.65. The maximum atomic E-state index is 12.8. The molecule has 3 unspecified atom stereocenters. The molecule has 3 heterocycles. The highest BCUT2D eigenvalue weighted by atomic mass is 35.5. The molecule has 0 saturated carbocycles. The van der Waals surface area contributed by atoms with Crippen LogP contribution >= 0.6 is 11.6 Å². The Bertz CT molecular complexity index is 1060. The summed E-state index contributed by atoms with van der Waals surface area (Å²) in [5.41, 5.74) is 3.01. The van der Waals surface area contributed by atoms with Gasteiger partial charge in [-0.15, -0.1) is 0 Å². The Morgan fingerprint density at radius 1 is 1.23 bits per heavy atom. The number of hydrogen-bond acceptors (Lipinski definition) is 4. The average molecular weight is 428 g/mol. The number of amides is 1. The van der Waals surface area contributed by atoms with Gasteiger partial charge in [0.15, 0.2) is 0 Å². The number of nitrogens with zero attached hydrogens (tertiary/aromatic N) is 3. The van der Waals surface area contributed by atoms with Crippen LogP contribution in [-0.4, -0.2) is 40.2 Å². The van der Waals surface area contributed by atoms with Gasteiger partial charge >= 0.3 is 0 Å². The number of rotatable bonds is 6. The molecule has 1 saturated heterocycles. The number of hydrogen-bond donors (Lipinski definition) is 0. The van der Waals surface area contributed by atoms with Crippen LogP contribution in [0.3, 0.4) is 0 Å². The normalized spacial score (nSPS) is 18.6. The van der Waals surface area contributed by atoms with Gasteiger partial charge in [0.05, 0.1) is 24.4 Å². The average Bonchev–Trinajstić information content (AvgIpc) is 3.30. The van der Waals surface area contributed by atoms with Gasteiger partial charge < -0.3 is 14.4 Å². The van der Waals surface area contributed by atoms with Crippen LogP contribution in [0.2, 0.25) is 5.02 Å². The van der Waals surface area contributed by atoms with E-state index in [0.717, 1.165) is 22.4 Å². The molecule has 0 spiro atoms. The number of halogens is 1. The summed E-state index contributed by atoms with van der Waals surface area (Å²) in [6, 6.07) is 9.68. The van der Waals surface area contributed by atoms with E-state index in [1.807, 2.05) is 49.1 Å². The Morgan fingerprint density at radius 3 is 2.67 bits per heavy atom. The molecule has 158 valence electrons. The fourth-order valence-electron chi connectivity index (χ4n) is 4.10. The van der Waals surface area contributed by atoms with Crippen LogP contribution in [-0.2, 0) is 4.79 Å². The van der Waals surface area contributed by atoms with Crippen LogP contribution in [0.15, 0.2) is 42.7 Å². The maximum Gasteiger partial charge on any atom is 0.223 e. The van der Waals surface area contributed by atoms with E-state index in [1.54, 1.807) is 24.0 Å². The first-order valence-corrected chi connectivity index (χ1v) is 10.5. The zero-order valence-electron chi connectivity index (χ0n) is 17.6. The first kappa shape index (κ1) is 20.5. The van der Waals surface area contributed by atoms with Gasteiger partial charge in [-0.05, 0) is 44.0 Å². The van der Waals surface area contributed by atoms with E-state index < -0.39 is 0 Å². The van der Waals surface area contributed by atoms with Crippen molar-refractivity contribution in [2.45, 2.75) is 39.3 Å². The van der Waals surface area contributed by atoms with Crippen molar-refractivity contribution in [3.63, 3.8) is 0 Å². The predicted octanol–water partition coefficient (Wildman–Crippen LogP) is 4.68. The molecule has 2 aromatic heterocycles. The molecule has 0 bridgehead atoms. The highest BCUT2D eigenvalue weighted by Gasteiger charge is 2.37. The van der Waals surface area contributed by atoms with Crippen LogP contribution in [0.4, 0.5) is 0 Å². The highest BCUT2D eigenvalue weighted by Crippen LogP contribution is 2.34. The summed E-state index contributed by atoms with van der Waals surface area (Å²) in [5.74, 6) is 1.75. The van der Waals surface area contributed by atoms with E-state index in [-0.39, 0.29) is 24.0 Å². The van der Waals surface area contributed by atoms with E-state index in [0.29, 0.717) is 23.7 Å². The second kappa shape index (κ2) is 8.19. The molecule has 0 radical (unpaired) electrons. The van der Waals surface area contributed by atoms with E-state index in [4.69, 9.17) is 21.1 Å². The molecule has 0 aliphatic carbocycles. The molecule has 30 heavy (non-hydrogen) atoms. The van der Waals surface area contributed by atoms with E-state index in [9.17, 15) is 4.79 Å². The Kier molecular flexibility index (Phi) is 5.60. The van der Waals surface area contributed by atoms with E-state index in [1.165, 1.54) is 0 Å². The van der Waals surface area contributed by atoms with Crippen molar-refractivity contribution in [1.29, 1.82) is 0 Å². The van der Waals surface area contributed by atoms with Crippen LogP contribution in [0.5, 0.6) is 11.5 Å². The minimum absolute atomic E-state index is 0.00411. The lowest BCUT2D eigenvalue weighted by Crippen LogP contribution is -2.31. The molecule has 1 amide bonds. The molecule has 0 N–H and O–H groups in total. The molecule has 1 aromatic carbocycles. The Labute approximate surface area is 181 Å². The van der Waals surface area contributed by atoms with Gasteiger partial charge in [-0.1, -0.05) is 23.7 Å². The van der Waals surface area contributed by atoms with Gasteiger partial charge in [-0.3, -0.25) is 4.79 Å². The third kappa shape index (κ3) is 3.84. The van der Waals surface area contributed by atoms with Crippen LogP contribution < -0.4 is 9.47 Å². The summed E-state index contributed by atoms with van der Waals surface area (Å²) in [4.78, 5) is 14.7. The number of fused-ring (bicyclic) bond motifs is 1. The third-order valence-electron chi connectivity index (χ3n) is 5.96. The van der Waals surface area contributed by atoms with Crippen LogP contribution in [0.1, 0.15) is 37.4 Å². The number of aromatic nitrogens is 2. The number of carbonyl (C=O) groups is 1. The van der Waals surface area contributed by atoms with Crippen molar-refractivity contribution < 1.29 is 14.3 Å². The van der Waals surface area contributed by atoms with Crippen molar-refractivity contribution in [1.82, 2.24) is 14.5 Å². The Morgan fingerprint density at radius 2 is 1.97 bits per heavy atom. The van der Waals surface area contributed by atoms with Crippen LogP contribution in [0, 0.1) is 12.8 Å². The first-order chi connectivity index (χ1) is 14.4. The Balaban J connectivity index is 1.49. The number of methoxy groups -OCH3 is 1. The monoisotopic (exact) mass is 427 g/mol. The second-order valence-corrected chi connectivity index (χ2v) is 8.36. The zero-order valence-corrected chi connectivity index (χ0v) is 18.4. The van der Waals surface area contributed by atoms with Gasteiger partial charge in [0.2, 0.25) is 5.91 Å². The topological polar surface area (TPSA) is 56.1 Å². The van der Waals surface area contributed by atoms with Gasteiger partial charge in [0.1, 0.15) is 23.1 Å². The number of aryl methyl sites for hydroxylation is 1. The van der Waals surface area contributed by atoms with Gasteiger partial charge in [0.25, 0.3) is 0 Å². The smallest absolute Gasteiger partial charge is 0.223 e. The quantitative estimate of drug-likeness (QED) is 0.573. The summed E-state index contributed by atoms with van der Waals surface area (Å²) in [6.07, 6.45) is 3.88. The van der Waals surface area contributed by atoms with Crippen molar-refractivity contribution >= 4 is 23.0 Å². The zero-order chi connectivity index (χ0) is 21.4. The second-order valence-electron chi connectivity index (χ2n) is 7.93. The molecule has 1 fully saturated rings. The van der Waals surface area contributed by atoms with E-state index in [2.05, 4.69) is 12.0 Å². The minimum Gasteiger partial charge on any atom is -0.497 e. The van der Waals surface area contributed by atoms with Crippen LogP contribution in [0.25, 0.3) is 5.52 Å². The summed E-state index contributed by atoms with van der Waals surface area (Å²) < 4.78 is 13.3. The van der Waals surface area contributed by atoms with Crippen molar-refractivity contribution in [3.05, 3.63) is 58.9 Å². The molecule has 6 nitrogen and oxygen atoms in total. The lowest BCUT2D eigenvalue weighted by atomic mass is 10.0. The molecule has 4 rings (SSSR count). The molecular formula is C23H26ClN3O3. The number of benzene rings is 1. The number of carbonyl (C=O) groups excluding carboxylic acids is 1. The number of pyridine rings is 1. The Hall–Kier alpha value is -2.73. The fraction of sp³-hybridized carbons (Fsp3) is 0.391. The standard InChI is InChI=1S/C23H26ClN3O3/c1-14-11-25-27-13-19(24)10-21(23(14)27)30-16(3)18-9-22(28)26(12-18)15(2)17-5-7-20(29-4)8-6-17/h5-8,10-11,13,15-16,18H,9,12H2,1-4H3. The summed E-state index contributed by atoms with van der Waals surface area (Å²) >= 11 is 6.24. The summed E-state index contributed by atoms with van der Waals surface area (Å²) in [6.45, 7) is 6.72. The minimum atomic E-state index is -0.140. The third-order valence-corrected chi connectivity index (χ3v) is 6.16. The highest BCUT2D eigenvalue weighted by molar-refractivity contribution is 6.30. The first-order valence-electron chi connectivity index (χ1n) is 10.1. The molecular weight excluding hydrogens is 402 g/mol. The lowest BCUT2D eigenvalue weighted by molar-refractivity contribution is -0.129. The van der Waals surface area contributed by atoms with Gasteiger partial charge in [-0.2, -0.15) is 5.10 Å². The molecule has 7 heteroatoms. The lowest BCUT2D eigenvalue weighted by Gasteiger charge is -2.27. The van der Waals surface area contributed by atoms with Gasteiger partial charge in [0, 0.05) is 31.1 Å². The van der Waals surface area contributed by atoms with Crippen molar-refractivity contribution in [2.24, 2.45) is 5.92 Å². The predicted molar refractivity (Wildman–Crippen MR) is 116 cm³/mol. The maximum absolute atomic E-state index is 12.8. The molecule has 1 aliphatic heterocycles. The molecule has 1 aliphatic rings. The SMILES string of the molecule is COc1ccc(C(C)N2CC(C(C)Oc3cc(Cl)cn4ncc(C)c34)CC2=O)cc1. The van der Waals surface area contributed by atoms with Crippen molar-refractivity contribution in [3.8, 4) is 11.5 Å². The summed E-state index contributed by atoms with van der Waals surface area (Å²) in [5, 5.41) is 4.88. The largest absolute Gasteiger partial charge is 0.497 e. The number of likely N-dealkylation sites (tertiary alicyclic amines) is 1. The fourth-order valence-corrected chi connectivity index (χ4v) is 4.29. The van der Waals surface area contributed by atoms with Gasteiger partial charge in [-0.25, -0.2) is 4.52 Å². The molecule has 3 atom stereocenters.